The summed E-state index contributed by atoms with van der Waals surface area (Å²) in [6.45, 7) is 4.22. The molecule has 0 bridgehead atoms. The molecule has 2 fully saturated rings. The normalized spacial score (nSPS) is 24.9. The average molecular weight is 279 g/mol. The molecular weight excluding hydrogens is 254 g/mol. The van der Waals surface area contributed by atoms with Gasteiger partial charge in [0, 0.05) is 19.6 Å². The number of ether oxygens (including phenoxy) is 2. The highest BCUT2D eigenvalue weighted by Gasteiger charge is 2.19. The second-order valence-corrected chi connectivity index (χ2v) is 5.71. The van der Waals surface area contributed by atoms with Crippen molar-refractivity contribution < 1.29 is 9.47 Å². The molecule has 0 amide bonds. The van der Waals surface area contributed by atoms with Gasteiger partial charge in [-0.2, -0.15) is 0 Å². The quantitative estimate of drug-likeness (QED) is 0.894. The van der Waals surface area contributed by atoms with E-state index in [1.54, 1.807) is 0 Å². The highest BCUT2D eigenvalue weighted by Crippen LogP contribution is 2.21. The van der Waals surface area contributed by atoms with Crippen molar-refractivity contribution in [3.63, 3.8) is 0 Å². The van der Waals surface area contributed by atoms with Crippen molar-refractivity contribution >= 4 is 0 Å². The summed E-state index contributed by atoms with van der Waals surface area (Å²) in [5.74, 6) is 0. The van der Waals surface area contributed by atoms with Gasteiger partial charge in [-0.3, -0.25) is 0 Å². The number of imidazole rings is 1. The molecule has 1 aliphatic carbocycles. The van der Waals surface area contributed by atoms with E-state index in [0.717, 1.165) is 38.5 Å². The molecular formula is C15H25N3O2. The lowest BCUT2D eigenvalue weighted by atomic mass is 9.98. The molecule has 1 saturated heterocycles. The van der Waals surface area contributed by atoms with E-state index in [4.69, 9.17) is 9.47 Å². The van der Waals surface area contributed by atoms with Gasteiger partial charge in [0.1, 0.15) is 6.10 Å². The Labute approximate surface area is 120 Å². The standard InChI is InChI=1S/C15H25N3O2/c1-2-4-13(5-3-1)19-9-7-18-12-17-10-14(18)15-11-16-6-8-20-15/h10,12-13,15-16H,1-9,11H2. The fraction of sp³-hybridized carbons (Fsp3) is 0.800. The maximum absolute atomic E-state index is 5.99. The Bertz CT molecular complexity index is 396. The summed E-state index contributed by atoms with van der Waals surface area (Å²) >= 11 is 0. The van der Waals surface area contributed by atoms with E-state index in [1.165, 1.54) is 32.1 Å². The lowest BCUT2D eigenvalue weighted by molar-refractivity contribution is 0.0135. The van der Waals surface area contributed by atoms with Crippen LogP contribution in [0.5, 0.6) is 0 Å². The molecule has 5 heteroatoms. The van der Waals surface area contributed by atoms with Crippen LogP contribution in [0.2, 0.25) is 0 Å². The maximum atomic E-state index is 5.99. The maximum Gasteiger partial charge on any atom is 0.111 e. The van der Waals surface area contributed by atoms with Crippen molar-refractivity contribution in [1.29, 1.82) is 0 Å². The van der Waals surface area contributed by atoms with Crippen molar-refractivity contribution in [2.24, 2.45) is 0 Å². The molecule has 3 rings (SSSR count). The Morgan fingerprint density at radius 2 is 2.25 bits per heavy atom. The molecule has 1 aromatic heterocycles. The van der Waals surface area contributed by atoms with E-state index in [2.05, 4.69) is 14.9 Å². The van der Waals surface area contributed by atoms with Crippen LogP contribution in [0, 0.1) is 0 Å². The number of aromatic nitrogens is 2. The highest BCUT2D eigenvalue weighted by atomic mass is 16.5. The highest BCUT2D eigenvalue weighted by molar-refractivity contribution is 5.04. The number of morpholine rings is 1. The Hall–Kier alpha value is -0.910. The first-order chi connectivity index (χ1) is 9.93. The number of hydrogen-bond donors (Lipinski definition) is 1. The van der Waals surface area contributed by atoms with Crippen LogP contribution >= 0.6 is 0 Å². The lowest BCUT2D eigenvalue weighted by Crippen LogP contribution is -2.34. The van der Waals surface area contributed by atoms with E-state index in [-0.39, 0.29) is 6.10 Å². The molecule has 5 nitrogen and oxygen atoms in total. The summed E-state index contributed by atoms with van der Waals surface area (Å²) in [5, 5.41) is 3.36. The fourth-order valence-electron chi connectivity index (χ4n) is 3.09. The van der Waals surface area contributed by atoms with Crippen molar-refractivity contribution in [1.82, 2.24) is 14.9 Å². The van der Waals surface area contributed by atoms with E-state index in [0.29, 0.717) is 6.10 Å². The van der Waals surface area contributed by atoms with Crippen molar-refractivity contribution in [2.75, 3.05) is 26.3 Å². The molecule has 0 aromatic carbocycles. The topological polar surface area (TPSA) is 48.3 Å². The summed E-state index contributed by atoms with van der Waals surface area (Å²) in [7, 11) is 0. The van der Waals surface area contributed by atoms with Crippen LogP contribution in [-0.4, -0.2) is 42.0 Å². The minimum absolute atomic E-state index is 0.126. The summed E-state index contributed by atoms with van der Waals surface area (Å²) in [4.78, 5) is 4.26. The summed E-state index contributed by atoms with van der Waals surface area (Å²) in [5.41, 5.74) is 1.16. The molecule has 1 unspecified atom stereocenters. The van der Waals surface area contributed by atoms with Gasteiger partial charge in [0.2, 0.25) is 0 Å². The fourth-order valence-corrected chi connectivity index (χ4v) is 3.09. The molecule has 1 atom stereocenters. The molecule has 1 aliphatic heterocycles. The number of hydrogen-bond acceptors (Lipinski definition) is 4. The minimum Gasteiger partial charge on any atom is -0.376 e. The smallest absolute Gasteiger partial charge is 0.111 e. The number of nitrogens with zero attached hydrogens (tertiary/aromatic N) is 2. The lowest BCUT2D eigenvalue weighted by Gasteiger charge is -2.25. The average Bonchev–Trinajstić information content (AvgIpc) is 2.98. The second-order valence-electron chi connectivity index (χ2n) is 5.71. The third-order valence-corrected chi connectivity index (χ3v) is 4.24. The van der Waals surface area contributed by atoms with Gasteiger partial charge in [-0.15, -0.1) is 0 Å². The zero-order valence-corrected chi connectivity index (χ0v) is 12.1. The van der Waals surface area contributed by atoms with Crippen LogP contribution in [0.3, 0.4) is 0 Å². The van der Waals surface area contributed by atoms with Gasteiger partial charge >= 0.3 is 0 Å². The van der Waals surface area contributed by atoms with Gasteiger partial charge in [-0.05, 0) is 12.8 Å². The first kappa shape index (κ1) is 14.0. The minimum atomic E-state index is 0.126. The molecule has 2 heterocycles. The SMILES string of the molecule is c1ncn(CCOC2CCCCC2)c1C1CNCCO1. The third-order valence-electron chi connectivity index (χ3n) is 4.24. The molecule has 2 aliphatic rings. The largest absolute Gasteiger partial charge is 0.376 e. The molecule has 1 N–H and O–H groups in total. The zero-order valence-electron chi connectivity index (χ0n) is 12.1. The van der Waals surface area contributed by atoms with E-state index in [1.807, 2.05) is 12.5 Å². The van der Waals surface area contributed by atoms with Crippen LogP contribution in [0.4, 0.5) is 0 Å². The molecule has 20 heavy (non-hydrogen) atoms. The van der Waals surface area contributed by atoms with Gasteiger partial charge in [0.15, 0.2) is 0 Å². The van der Waals surface area contributed by atoms with Crippen LogP contribution in [-0.2, 0) is 16.0 Å². The van der Waals surface area contributed by atoms with E-state index < -0.39 is 0 Å². The van der Waals surface area contributed by atoms with Crippen LogP contribution in [0.15, 0.2) is 12.5 Å². The van der Waals surface area contributed by atoms with Gasteiger partial charge in [0.05, 0.1) is 37.5 Å². The predicted molar refractivity (Wildman–Crippen MR) is 76.6 cm³/mol. The Morgan fingerprint density at radius 3 is 3.05 bits per heavy atom. The number of nitrogens with one attached hydrogen (secondary N) is 1. The van der Waals surface area contributed by atoms with Gasteiger partial charge in [0.25, 0.3) is 0 Å². The first-order valence-corrected chi connectivity index (χ1v) is 7.87. The van der Waals surface area contributed by atoms with Gasteiger partial charge in [-0.1, -0.05) is 19.3 Å². The number of rotatable bonds is 5. The van der Waals surface area contributed by atoms with Crippen LogP contribution in [0.1, 0.15) is 43.9 Å². The second kappa shape index (κ2) is 7.20. The molecule has 1 aromatic rings. The summed E-state index contributed by atoms with van der Waals surface area (Å²) in [6, 6.07) is 0. The Balaban J connectivity index is 1.48. The predicted octanol–water partition coefficient (Wildman–Crippen LogP) is 1.89. The van der Waals surface area contributed by atoms with Gasteiger partial charge in [-0.25, -0.2) is 4.98 Å². The van der Waals surface area contributed by atoms with Crippen molar-refractivity contribution in [3.8, 4) is 0 Å². The Kier molecular flexibility index (Phi) is 5.06. The van der Waals surface area contributed by atoms with Crippen molar-refractivity contribution in [2.45, 2.75) is 50.9 Å². The Morgan fingerprint density at radius 1 is 1.35 bits per heavy atom. The first-order valence-electron chi connectivity index (χ1n) is 7.87. The molecule has 0 spiro atoms. The summed E-state index contributed by atoms with van der Waals surface area (Å²) < 4.78 is 14.0. The molecule has 0 radical (unpaired) electrons. The molecule has 1 saturated carbocycles. The summed E-state index contributed by atoms with van der Waals surface area (Å²) in [6.07, 6.45) is 10.9. The zero-order chi connectivity index (χ0) is 13.6. The van der Waals surface area contributed by atoms with Crippen LogP contribution < -0.4 is 5.32 Å². The monoisotopic (exact) mass is 279 g/mol. The van der Waals surface area contributed by atoms with Crippen molar-refractivity contribution in [3.05, 3.63) is 18.2 Å². The van der Waals surface area contributed by atoms with E-state index in [9.17, 15) is 0 Å². The van der Waals surface area contributed by atoms with Crippen LogP contribution in [0.25, 0.3) is 0 Å². The van der Waals surface area contributed by atoms with E-state index >= 15 is 0 Å². The van der Waals surface area contributed by atoms with Gasteiger partial charge < -0.3 is 19.4 Å². The molecule has 112 valence electrons. The third kappa shape index (κ3) is 3.59.